The van der Waals surface area contributed by atoms with E-state index in [-0.39, 0.29) is 18.0 Å². The van der Waals surface area contributed by atoms with Crippen molar-refractivity contribution in [1.29, 1.82) is 0 Å². The summed E-state index contributed by atoms with van der Waals surface area (Å²) in [4.78, 5) is 0. The third-order valence-corrected chi connectivity index (χ3v) is 2.67. The van der Waals surface area contributed by atoms with Gasteiger partial charge in [-0.05, 0) is 40.0 Å². The molecule has 0 spiro atoms. The zero-order valence-electron chi connectivity index (χ0n) is 11.5. The molecule has 0 aromatic heterocycles. The number of ether oxygens (including phenoxy) is 2. The van der Waals surface area contributed by atoms with E-state index in [0.29, 0.717) is 24.5 Å². The van der Waals surface area contributed by atoms with E-state index in [1.54, 1.807) is 19.2 Å². The molecule has 0 aliphatic carbocycles. The van der Waals surface area contributed by atoms with E-state index >= 15 is 0 Å². The van der Waals surface area contributed by atoms with Crippen LogP contribution in [-0.2, 0) is 4.74 Å². The summed E-state index contributed by atoms with van der Waals surface area (Å²) >= 11 is 0. The van der Waals surface area contributed by atoms with Crippen molar-refractivity contribution in [3.63, 3.8) is 0 Å². The minimum Gasteiger partial charge on any atom is -0.491 e. The topological polar surface area (TPSA) is 30.5 Å². The van der Waals surface area contributed by atoms with Crippen LogP contribution in [0.1, 0.15) is 32.4 Å². The molecule has 4 heteroatoms. The van der Waals surface area contributed by atoms with E-state index in [1.165, 1.54) is 6.07 Å². The van der Waals surface area contributed by atoms with Gasteiger partial charge in [0.05, 0.1) is 12.7 Å². The lowest BCUT2D eigenvalue weighted by atomic mass is 10.1. The van der Waals surface area contributed by atoms with Crippen LogP contribution in [0.15, 0.2) is 18.2 Å². The Morgan fingerprint density at radius 3 is 2.56 bits per heavy atom. The van der Waals surface area contributed by atoms with Crippen molar-refractivity contribution >= 4 is 0 Å². The van der Waals surface area contributed by atoms with Gasteiger partial charge in [-0.15, -0.1) is 0 Å². The molecule has 1 aromatic carbocycles. The molecule has 0 bridgehead atoms. The van der Waals surface area contributed by atoms with Gasteiger partial charge < -0.3 is 14.8 Å². The van der Waals surface area contributed by atoms with Crippen LogP contribution in [-0.4, -0.2) is 26.4 Å². The Morgan fingerprint density at radius 2 is 1.94 bits per heavy atom. The summed E-state index contributed by atoms with van der Waals surface area (Å²) in [7, 11) is 1.79. The van der Waals surface area contributed by atoms with Crippen molar-refractivity contribution in [1.82, 2.24) is 5.32 Å². The minimum atomic E-state index is -0.251. The van der Waals surface area contributed by atoms with Crippen molar-refractivity contribution in [3.8, 4) is 5.75 Å². The predicted molar refractivity (Wildman–Crippen MR) is 70.5 cm³/mol. The van der Waals surface area contributed by atoms with Crippen LogP contribution in [0, 0.1) is 5.82 Å². The maximum absolute atomic E-state index is 13.8. The van der Waals surface area contributed by atoms with Crippen LogP contribution in [0.2, 0.25) is 0 Å². The average molecular weight is 255 g/mol. The van der Waals surface area contributed by atoms with Crippen LogP contribution in [0.4, 0.5) is 4.39 Å². The molecule has 1 atom stereocenters. The summed E-state index contributed by atoms with van der Waals surface area (Å²) < 4.78 is 24.7. The molecule has 0 heterocycles. The molecule has 0 fully saturated rings. The van der Waals surface area contributed by atoms with Crippen LogP contribution in [0.3, 0.4) is 0 Å². The van der Waals surface area contributed by atoms with Gasteiger partial charge in [0.1, 0.15) is 18.2 Å². The summed E-state index contributed by atoms with van der Waals surface area (Å²) in [5.41, 5.74) is 0.560. The van der Waals surface area contributed by atoms with Crippen molar-refractivity contribution in [2.24, 2.45) is 0 Å². The molecule has 102 valence electrons. The summed E-state index contributed by atoms with van der Waals surface area (Å²) in [6, 6.07) is 4.79. The van der Waals surface area contributed by atoms with Gasteiger partial charge in [0.25, 0.3) is 0 Å². The first-order valence-electron chi connectivity index (χ1n) is 6.26. The first-order valence-corrected chi connectivity index (χ1v) is 6.26. The zero-order valence-corrected chi connectivity index (χ0v) is 11.5. The maximum atomic E-state index is 13.8. The van der Waals surface area contributed by atoms with E-state index in [2.05, 4.69) is 5.32 Å². The molecule has 0 radical (unpaired) electrons. The molecule has 0 amide bonds. The Morgan fingerprint density at radius 1 is 1.22 bits per heavy atom. The lowest BCUT2D eigenvalue weighted by molar-refractivity contribution is 0.0548. The first kappa shape index (κ1) is 14.9. The predicted octanol–water partition coefficient (Wildman–Crippen LogP) is 2.91. The molecule has 18 heavy (non-hydrogen) atoms. The van der Waals surface area contributed by atoms with Gasteiger partial charge in [-0.2, -0.15) is 0 Å². The van der Waals surface area contributed by atoms with Crippen LogP contribution >= 0.6 is 0 Å². The fourth-order valence-electron chi connectivity index (χ4n) is 1.64. The summed E-state index contributed by atoms with van der Waals surface area (Å²) in [5, 5.41) is 3.02. The second kappa shape index (κ2) is 7.34. The van der Waals surface area contributed by atoms with Crippen LogP contribution in [0.25, 0.3) is 0 Å². The van der Waals surface area contributed by atoms with Crippen molar-refractivity contribution in [2.45, 2.75) is 32.9 Å². The quantitative estimate of drug-likeness (QED) is 0.760. The Labute approximate surface area is 108 Å². The van der Waals surface area contributed by atoms with Crippen molar-refractivity contribution in [2.75, 3.05) is 20.3 Å². The van der Waals surface area contributed by atoms with Gasteiger partial charge in [0, 0.05) is 11.6 Å². The van der Waals surface area contributed by atoms with E-state index in [0.717, 1.165) is 0 Å². The van der Waals surface area contributed by atoms with Gasteiger partial charge in [0.2, 0.25) is 0 Å². The Balaban J connectivity index is 2.67. The number of nitrogens with one attached hydrogen (secondary N) is 1. The highest BCUT2D eigenvalue weighted by Crippen LogP contribution is 2.27. The Hall–Kier alpha value is -1.13. The summed E-state index contributed by atoms with van der Waals surface area (Å²) in [6.45, 7) is 6.76. The number of halogens is 1. The summed E-state index contributed by atoms with van der Waals surface area (Å²) in [6.07, 6.45) is 0.178. The first-order chi connectivity index (χ1) is 8.56. The van der Waals surface area contributed by atoms with E-state index in [4.69, 9.17) is 9.47 Å². The summed E-state index contributed by atoms with van der Waals surface area (Å²) in [5.74, 6) is 0.323. The molecule has 1 rings (SSSR count). The molecular weight excluding hydrogens is 233 g/mol. The molecule has 1 N–H and O–H groups in total. The fraction of sp³-hybridized carbons (Fsp3) is 0.571. The molecule has 1 unspecified atom stereocenters. The number of benzene rings is 1. The van der Waals surface area contributed by atoms with Gasteiger partial charge in [-0.1, -0.05) is 6.07 Å². The normalized spacial score (nSPS) is 12.8. The highest BCUT2D eigenvalue weighted by atomic mass is 19.1. The van der Waals surface area contributed by atoms with E-state index in [1.807, 2.05) is 20.8 Å². The van der Waals surface area contributed by atoms with Gasteiger partial charge in [-0.3, -0.25) is 0 Å². The van der Waals surface area contributed by atoms with Crippen LogP contribution in [0.5, 0.6) is 5.75 Å². The molecule has 0 aliphatic heterocycles. The SMILES string of the molecule is CNC(C)c1c(F)cccc1OCCOC(C)C. The van der Waals surface area contributed by atoms with Crippen molar-refractivity contribution < 1.29 is 13.9 Å². The molecule has 1 aromatic rings. The fourth-order valence-corrected chi connectivity index (χ4v) is 1.64. The maximum Gasteiger partial charge on any atom is 0.131 e. The third kappa shape index (κ3) is 4.27. The van der Waals surface area contributed by atoms with Gasteiger partial charge >= 0.3 is 0 Å². The number of hydrogen-bond donors (Lipinski definition) is 1. The molecule has 3 nitrogen and oxygen atoms in total. The van der Waals surface area contributed by atoms with E-state index < -0.39 is 0 Å². The standard InChI is InChI=1S/C14H22FNO2/c1-10(2)17-8-9-18-13-7-5-6-12(15)14(13)11(3)16-4/h5-7,10-11,16H,8-9H2,1-4H3. The molecular formula is C14H22FNO2. The van der Waals surface area contributed by atoms with E-state index in [9.17, 15) is 4.39 Å². The Bertz CT molecular complexity index is 369. The Kier molecular flexibility index (Phi) is 6.09. The van der Waals surface area contributed by atoms with Gasteiger partial charge in [0.15, 0.2) is 0 Å². The van der Waals surface area contributed by atoms with Gasteiger partial charge in [-0.25, -0.2) is 4.39 Å². The van der Waals surface area contributed by atoms with Crippen molar-refractivity contribution in [3.05, 3.63) is 29.6 Å². The monoisotopic (exact) mass is 255 g/mol. The second-order valence-corrected chi connectivity index (χ2v) is 4.43. The average Bonchev–Trinajstić information content (AvgIpc) is 2.33. The molecule has 0 saturated heterocycles. The third-order valence-electron chi connectivity index (χ3n) is 2.67. The number of hydrogen-bond acceptors (Lipinski definition) is 3. The second-order valence-electron chi connectivity index (χ2n) is 4.43. The molecule has 0 saturated carbocycles. The zero-order chi connectivity index (χ0) is 13.5. The lowest BCUT2D eigenvalue weighted by Gasteiger charge is -2.17. The smallest absolute Gasteiger partial charge is 0.131 e. The molecule has 0 aliphatic rings. The minimum absolute atomic E-state index is 0.0905. The number of rotatable bonds is 7. The highest BCUT2D eigenvalue weighted by Gasteiger charge is 2.15. The lowest BCUT2D eigenvalue weighted by Crippen LogP contribution is -2.17. The van der Waals surface area contributed by atoms with Crippen LogP contribution < -0.4 is 10.1 Å². The largest absolute Gasteiger partial charge is 0.491 e. The highest BCUT2D eigenvalue weighted by molar-refractivity contribution is 5.36.